The van der Waals surface area contributed by atoms with Gasteiger partial charge in [-0.25, -0.2) is 4.98 Å². The van der Waals surface area contributed by atoms with Crippen molar-refractivity contribution in [2.24, 2.45) is 0 Å². The van der Waals surface area contributed by atoms with E-state index in [4.69, 9.17) is 4.74 Å². The summed E-state index contributed by atoms with van der Waals surface area (Å²) in [6, 6.07) is 2.52. The van der Waals surface area contributed by atoms with Crippen molar-refractivity contribution in [3.8, 4) is 5.88 Å². The van der Waals surface area contributed by atoms with Crippen LogP contribution >= 0.6 is 0 Å². The molecule has 5 heteroatoms. The van der Waals surface area contributed by atoms with E-state index in [0.29, 0.717) is 0 Å². The molecule has 0 aromatic carbocycles. The lowest BCUT2D eigenvalue weighted by atomic mass is 9.95. The first-order valence-corrected chi connectivity index (χ1v) is 6.18. The molecule has 1 aliphatic heterocycles. The van der Waals surface area contributed by atoms with Crippen LogP contribution in [0.1, 0.15) is 50.3 Å². The van der Waals surface area contributed by atoms with Crippen LogP contribution in [0.25, 0.3) is 0 Å². The molecule has 0 saturated heterocycles. The zero-order valence-electron chi connectivity index (χ0n) is 10.4. The molecule has 2 heterocycles. The van der Waals surface area contributed by atoms with Gasteiger partial charge in [0.2, 0.25) is 5.88 Å². The number of alkyl halides is 3. The zero-order valence-corrected chi connectivity index (χ0v) is 10.4. The molecule has 1 aliphatic rings. The second-order valence-electron chi connectivity index (χ2n) is 4.68. The van der Waals surface area contributed by atoms with E-state index in [9.17, 15) is 13.2 Å². The molecule has 0 amide bonds. The molecule has 2 rings (SSSR count). The van der Waals surface area contributed by atoms with E-state index >= 15 is 0 Å². The maximum absolute atomic E-state index is 12.5. The predicted octanol–water partition coefficient (Wildman–Crippen LogP) is 4.16. The fourth-order valence-electron chi connectivity index (χ4n) is 2.21. The number of halogens is 3. The van der Waals surface area contributed by atoms with E-state index in [1.165, 1.54) is 6.07 Å². The third-order valence-corrected chi connectivity index (χ3v) is 3.33. The minimum absolute atomic E-state index is 0.0454. The van der Waals surface area contributed by atoms with E-state index in [1.54, 1.807) is 0 Å². The lowest BCUT2D eigenvalue weighted by molar-refractivity contribution is -0.141. The van der Waals surface area contributed by atoms with Gasteiger partial charge >= 0.3 is 6.18 Å². The van der Waals surface area contributed by atoms with E-state index in [1.807, 2.05) is 6.92 Å². The van der Waals surface area contributed by atoms with Gasteiger partial charge in [0.1, 0.15) is 11.8 Å². The van der Waals surface area contributed by atoms with E-state index < -0.39 is 11.9 Å². The van der Waals surface area contributed by atoms with Crippen molar-refractivity contribution >= 4 is 0 Å². The first-order chi connectivity index (χ1) is 8.43. The summed E-state index contributed by atoms with van der Waals surface area (Å²) in [5.74, 6) is 0.264. The second kappa shape index (κ2) is 4.78. The zero-order chi connectivity index (χ0) is 13.3. The molecule has 1 aromatic rings. The number of hydrogen-bond donors (Lipinski definition) is 0. The number of pyridine rings is 1. The van der Waals surface area contributed by atoms with Gasteiger partial charge in [-0.1, -0.05) is 32.8 Å². The Morgan fingerprint density at radius 3 is 2.67 bits per heavy atom. The van der Waals surface area contributed by atoms with Crippen LogP contribution < -0.4 is 4.74 Å². The van der Waals surface area contributed by atoms with Crippen LogP contribution in [0.2, 0.25) is 0 Å². The molecule has 0 N–H and O–H groups in total. The topological polar surface area (TPSA) is 22.1 Å². The van der Waals surface area contributed by atoms with Crippen LogP contribution in [0.4, 0.5) is 13.2 Å². The summed E-state index contributed by atoms with van der Waals surface area (Å²) in [5, 5.41) is 0. The molecular weight excluding hydrogens is 243 g/mol. The third kappa shape index (κ3) is 2.44. The second-order valence-corrected chi connectivity index (χ2v) is 4.68. The summed E-state index contributed by atoms with van der Waals surface area (Å²) in [6.45, 7) is 4.05. The average Bonchev–Trinajstić information content (AvgIpc) is 2.62. The lowest BCUT2D eigenvalue weighted by Gasteiger charge is -2.13. The van der Waals surface area contributed by atoms with Crippen molar-refractivity contribution in [3.63, 3.8) is 0 Å². The Hall–Kier alpha value is -1.26. The highest BCUT2D eigenvalue weighted by atomic mass is 19.4. The average molecular weight is 259 g/mol. The molecule has 0 fully saturated rings. The maximum Gasteiger partial charge on any atom is 0.433 e. The molecule has 18 heavy (non-hydrogen) atoms. The number of rotatable bonds is 3. The highest BCUT2D eigenvalue weighted by Gasteiger charge is 2.37. The molecular formula is C13H16F3NO. The summed E-state index contributed by atoms with van der Waals surface area (Å²) >= 11 is 0. The highest BCUT2D eigenvalue weighted by Crippen LogP contribution is 2.40. The largest absolute Gasteiger partial charge is 0.473 e. The fourth-order valence-corrected chi connectivity index (χ4v) is 2.21. The maximum atomic E-state index is 12.5. The van der Waals surface area contributed by atoms with Gasteiger partial charge in [-0.2, -0.15) is 13.2 Å². The molecule has 1 aromatic heterocycles. The summed E-state index contributed by atoms with van der Waals surface area (Å²) in [5.41, 5.74) is -0.103. The third-order valence-electron chi connectivity index (χ3n) is 3.33. The molecule has 2 nitrogen and oxygen atoms in total. The number of aromatic nitrogens is 1. The SMILES string of the molecule is CCCC[C@H]1Oc2nc(C(F)(F)F)ccc2[C@H]1C. The Balaban J connectivity index is 2.21. The minimum atomic E-state index is -4.41. The monoisotopic (exact) mass is 259 g/mol. The quantitative estimate of drug-likeness (QED) is 0.813. The molecule has 0 radical (unpaired) electrons. The molecule has 0 spiro atoms. The van der Waals surface area contributed by atoms with Gasteiger partial charge < -0.3 is 4.74 Å². The lowest BCUT2D eigenvalue weighted by Crippen LogP contribution is -2.16. The first kappa shape index (κ1) is 13.2. The van der Waals surface area contributed by atoms with Crippen LogP contribution in [0.15, 0.2) is 12.1 Å². The van der Waals surface area contributed by atoms with E-state index in [0.717, 1.165) is 30.9 Å². The van der Waals surface area contributed by atoms with Gasteiger partial charge in [0.25, 0.3) is 0 Å². The number of unbranched alkanes of at least 4 members (excludes halogenated alkanes) is 1. The van der Waals surface area contributed by atoms with Crippen molar-refractivity contribution in [2.45, 2.75) is 51.3 Å². The highest BCUT2D eigenvalue weighted by molar-refractivity contribution is 5.36. The Bertz CT molecular complexity index is 431. The fraction of sp³-hybridized carbons (Fsp3) is 0.615. The molecule has 0 saturated carbocycles. The number of fused-ring (bicyclic) bond motifs is 1. The summed E-state index contributed by atoms with van der Waals surface area (Å²) in [6.07, 6.45) is -1.55. The van der Waals surface area contributed by atoms with Crippen molar-refractivity contribution < 1.29 is 17.9 Å². The molecule has 2 atom stereocenters. The molecule has 100 valence electrons. The Labute approximate surface area is 104 Å². The van der Waals surface area contributed by atoms with Crippen LogP contribution in [-0.4, -0.2) is 11.1 Å². The number of nitrogens with zero attached hydrogens (tertiary/aromatic N) is 1. The van der Waals surface area contributed by atoms with Gasteiger partial charge in [-0.15, -0.1) is 0 Å². The summed E-state index contributed by atoms with van der Waals surface area (Å²) < 4.78 is 43.2. The molecule has 0 unspecified atom stereocenters. The molecule has 0 bridgehead atoms. The van der Waals surface area contributed by atoms with Gasteiger partial charge in [-0.3, -0.25) is 0 Å². The van der Waals surface area contributed by atoms with Crippen molar-refractivity contribution in [2.75, 3.05) is 0 Å². The standard InChI is InChI=1S/C13H16F3NO/c1-3-4-5-10-8(2)9-6-7-11(13(14,15)16)17-12(9)18-10/h6-8,10H,3-5H2,1-2H3/t8-,10-/m1/s1. The van der Waals surface area contributed by atoms with E-state index in [-0.39, 0.29) is 17.9 Å². The van der Waals surface area contributed by atoms with Crippen LogP contribution in [0, 0.1) is 0 Å². The van der Waals surface area contributed by atoms with Crippen molar-refractivity contribution in [3.05, 3.63) is 23.4 Å². The smallest absolute Gasteiger partial charge is 0.433 e. The van der Waals surface area contributed by atoms with E-state index in [2.05, 4.69) is 11.9 Å². The van der Waals surface area contributed by atoms with Crippen molar-refractivity contribution in [1.29, 1.82) is 0 Å². The first-order valence-electron chi connectivity index (χ1n) is 6.18. The van der Waals surface area contributed by atoms with Gasteiger partial charge in [0, 0.05) is 11.5 Å². The number of ether oxygens (including phenoxy) is 1. The number of hydrogen-bond acceptors (Lipinski definition) is 2. The van der Waals surface area contributed by atoms with Gasteiger partial charge in [0.15, 0.2) is 0 Å². The predicted molar refractivity (Wildman–Crippen MR) is 61.6 cm³/mol. The Morgan fingerprint density at radius 1 is 1.33 bits per heavy atom. The Kier molecular flexibility index (Phi) is 3.50. The summed E-state index contributed by atoms with van der Waals surface area (Å²) in [7, 11) is 0. The Morgan fingerprint density at radius 2 is 2.06 bits per heavy atom. The minimum Gasteiger partial charge on any atom is -0.473 e. The van der Waals surface area contributed by atoms with Crippen LogP contribution in [0.3, 0.4) is 0 Å². The van der Waals surface area contributed by atoms with Gasteiger partial charge in [0.05, 0.1) is 0 Å². The van der Waals surface area contributed by atoms with Crippen LogP contribution in [0.5, 0.6) is 5.88 Å². The summed E-state index contributed by atoms with van der Waals surface area (Å²) in [4.78, 5) is 3.59. The van der Waals surface area contributed by atoms with Gasteiger partial charge in [-0.05, 0) is 12.5 Å². The van der Waals surface area contributed by atoms with Crippen molar-refractivity contribution in [1.82, 2.24) is 4.98 Å². The normalized spacial score (nSPS) is 22.7. The van der Waals surface area contributed by atoms with Crippen LogP contribution in [-0.2, 0) is 6.18 Å². The molecule has 0 aliphatic carbocycles.